The monoisotopic (exact) mass is 264 g/mol. The first-order valence-electron chi connectivity index (χ1n) is 6.24. The Hall–Kier alpha value is -0.970. The molecule has 1 aliphatic rings. The van der Waals surface area contributed by atoms with Crippen molar-refractivity contribution >= 4 is 17.2 Å². The van der Waals surface area contributed by atoms with Crippen LogP contribution in [0.4, 0.5) is 0 Å². The first-order valence-corrected chi connectivity index (χ1v) is 6.65. The predicted molar refractivity (Wildman–Crippen MR) is 77.8 cm³/mol. The van der Waals surface area contributed by atoms with E-state index in [1.54, 1.807) is 7.11 Å². The van der Waals surface area contributed by atoms with Gasteiger partial charge in [-0.25, -0.2) is 0 Å². The molecule has 1 aliphatic heterocycles. The fourth-order valence-corrected chi connectivity index (χ4v) is 2.53. The van der Waals surface area contributed by atoms with E-state index >= 15 is 0 Å². The second kappa shape index (κ2) is 5.78. The molecule has 2 rings (SSSR count). The molecule has 1 atom stereocenters. The van der Waals surface area contributed by atoms with Gasteiger partial charge in [-0.2, -0.15) is 0 Å². The number of nitrogens with two attached hydrogens (primary N) is 1. The summed E-state index contributed by atoms with van der Waals surface area (Å²) in [4.78, 5) is 2.89. The quantitative estimate of drug-likeness (QED) is 0.842. The van der Waals surface area contributed by atoms with Crippen LogP contribution in [0, 0.1) is 6.92 Å². The third-order valence-electron chi connectivity index (χ3n) is 3.58. The molecule has 1 aromatic carbocycles. The van der Waals surface area contributed by atoms with Gasteiger partial charge in [-0.1, -0.05) is 24.4 Å². The van der Waals surface area contributed by atoms with E-state index < -0.39 is 0 Å². The van der Waals surface area contributed by atoms with Gasteiger partial charge in [0.15, 0.2) is 0 Å². The van der Waals surface area contributed by atoms with Crippen LogP contribution in [0.25, 0.3) is 0 Å². The van der Waals surface area contributed by atoms with Crippen molar-refractivity contribution in [3.05, 3.63) is 34.9 Å². The van der Waals surface area contributed by atoms with Gasteiger partial charge >= 0.3 is 0 Å². The molecular weight excluding hydrogens is 244 g/mol. The van der Waals surface area contributed by atoms with Gasteiger partial charge < -0.3 is 10.5 Å². The minimum Gasteiger partial charge on any atom is -0.389 e. The Morgan fingerprint density at radius 3 is 2.89 bits per heavy atom. The standard InChI is InChI=1S/C14H20N2OS/c1-10-7-11(14(15)18)3-4-12(10)8-16-6-5-13(9-16)17-2/h3-4,7,13H,5-6,8-9H2,1-2H3,(H2,15,18). The van der Waals surface area contributed by atoms with Crippen molar-refractivity contribution in [1.82, 2.24) is 4.90 Å². The first kappa shape index (κ1) is 13.5. The molecule has 1 saturated heterocycles. The fraction of sp³-hybridized carbons (Fsp3) is 0.500. The van der Waals surface area contributed by atoms with Crippen LogP contribution < -0.4 is 5.73 Å². The van der Waals surface area contributed by atoms with Gasteiger partial charge in [0.05, 0.1) is 6.10 Å². The van der Waals surface area contributed by atoms with Crippen molar-refractivity contribution in [2.24, 2.45) is 5.73 Å². The lowest BCUT2D eigenvalue weighted by Crippen LogP contribution is -2.23. The molecule has 1 heterocycles. The number of hydrogen-bond donors (Lipinski definition) is 1. The molecule has 18 heavy (non-hydrogen) atoms. The van der Waals surface area contributed by atoms with Gasteiger partial charge in [-0.3, -0.25) is 4.90 Å². The zero-order valence-corrected chi connectivity index (χ0v) is 11.8. The smallest absolute Gasteiger partial charge is 0.103 e. The van der Waals surface area contributed by atoms with E-state index in [4.69, 9.17) is 22.7 Å². The highest BCUT2D eigenvalue weighted by Crippen LogP contribution is 2.18. The largest absolute Gasteiger partial charge is 0.389 e. The number of thiocarbonyl (C=S) groups is 1. The van der Waals surface area contributed by atoms with Crippen molar-refractivity contribution in [2.45, 2.75) is 26.0 Å². The van der Waals surface area contributed by atoms with E-state index in [2.05, 4.69) is 24.0 Å². The van der Waals surface area contributed by atoms with Gasteiger partial charge in [-0.15, -0.1) is 0 Å². The number of methoxy groups -OCH3 is 1. The van der Waals surface area contributed by atoms with Crippen molar-refractivity contribution in [3.63, 3.8) is 0 Å². The molecule has 1 aromatic rings. The molecule has 1 unspecified atom stereocenters. The first-order chi connectivity index (χ1) is 8.60. The summed E-state index contributed by atoms with van der Waals surface area (Å²) in [5.74, 6) is 0. The van der Waals surface area contributed by atoms with Crippen molar-refractivity contribution in [2.75, 3.05) is 20.2 Å². The number of ether oxygens (including phenoxy) is 1. The second-order valence-electron chi connectivity index (χ2n) is 4.89. The summed E-state index contributed by atoms with van der Waals surface area (Å²) in [7, 11) is 1.79. The Morgan fingerprint density at radius 1 is 1.56 bits per heavy atom. The molecule has 0 spiro atoms. The summed E-state index contributed by atoms with van der Waals surface area (Å²) in [5, 5.41) is 0. The lowest BCUT2D eigenvalue weighted by molar-refractivity contribution is 0.107. The summed E-state index contributed by atoms with van der Waals surface area (Å²) in [5.41, 5.74) is 9.17. The van der Waals surface area contributed by atoms with E-state index in [0.29, 0.717) is 11.1 Å². The molecule has 0 aliphatic carbocycles. The van der Waals surface area contributed by atoms with E-state index in [9.17, 15) is 0 Å². The van der Waals surface area contributed by atoms with Gasteiger partial charge in [0.2, 0.25) is 0 Å². The Labute approximate surface area is 114 Å². The highest BCUT2D eigenvalue weighted by molar-refractivity contribution is 7.80. The molecule has 2 N–H and O–H groups in total. The molecule has 0 aromatic heterocycles. The summed E-state index contributed by atoms with van der Waals surface area (Å²) in [6.07, 6.45) is 1.52. The fourth-order valence-electron chi connectivity index (χ4n) is 2.40. The maximum atomic E-state index is 5.64. The SMILES string of the molecule is COC1CCN(Cc2ccc(C(N)=S)cc2C)C1. The molecule has 0 amide bonds. The second-order valence-corrected chi connectivity index (χ2v) is 5.33. The number of nitrogens with zero attached hydrogens (tertiary/aromatic N) is 1. The summed E-state index contributed by atoms with van der Waals surface area (Å²) < 4.78 is 5.38. The van der Waals surface area contributed by atoms with Crippen LogP contribution in [0.3, 0.4) is 0 Å². The van der Waals surface area contributed by atoms with Crippen LogP contribution in [0.15, 0.2) is 18.2 Å². The van der Waals surface area contributed by atoms with Crippen LogP contribution in [0.1, 0.15) is 23.1 Å². The van der Waals surface area contributed by atoms with Crippen LogP contribution in [-0.4, -0.2) is 36.2 Å². The van der Waals surface area contributed by atoms with Crippen LogP contribution in [-0.2, 0) is 11.3 Å². The van der Waals surface area contributed by atoms with E-state index in [-0.39, 0.29) is 0 Å². The van der Waals surface area contributed by atoms with Crippen molar-refractivity contribution in [3.8, 4) is 0 Å². The summed E-state index contributed by atoms with van der Waals surface area (Å²) in [6.45, 7) is 5.21. The Kier molecular flexibility index (Phi) is 4.32. The number of likely N-dealkylation sites (tertiary alicyclic amines) is 1. The number of rotatable bonds is 4. The maximum Gasteiger partial charge on any atom is 0.103 e. The van der Waals surface area contributed by atoms with E-state index in [0.717, 1.165) is 31.6 Å². The van der Waals surface area contributed by atoms with Crippen LogP contribution in [0.2, 0.25) is 0 Å². The molecule has 3 nitrogen and oxygen atoms in total. The zero-order chi connectivity index (χ0) is 13.1. The maximum absolute atomic E-state index is 5.64. The van der Waals surface area contributed by atoms with Crippen molar-refractivity contribution in [1.29, 1.82) is 0 Å². The predicted octanol–water partition coefficient (Wildman–Crippen LogP) is 1.85. The Balaban J connectivity index is 2.04. The van der Waals surface area contributed by atoms with E-state index in [1.165, 1.54) is 11.1 Å². The van der Waals surface area contributed by atoms with Gasteiger partial charge in [0.25, 0.3) is 0 Å². The lowest BCUT2D eigenvalue weighted by atomic mass is 10.0. The van der Waals surface area contributed by atoms with E-state index in [1.807, 2.05) is 6.07 Å². The number of hydrogen-bond acceptors (Lipinski definition) is 3. The molecule has 0 bridgehead atoms. The average molecular weight is 264 g/mol. The molecule has 98 valence electrons. The molecule has 0 saturated carbocycles. The minimum absolute atomic E-state index is 0.390. The zero-order valence-electron chi connectivity index (χ0n) is 11.0. The molecule has 4 heteroatoms. The summed E-state index contributed by atoms with van der Waals surface area (Å²) >= 11 is 4.99. The van der Waals surface area contributed by atoms with Gasteiger partial charge in [0, 0.05) is 32.3 Å². The number of benzene rings is 1. The lowest BCUT2D eigenvalue weighted by Gasteiger charge is -2.17. The van der Waals surface area contributed by atoms with Gasteiger partial charge in [-0.05, 0) is 30.5 Å². The normalized spacial score (nSPS) is 20.2. The van der Waals surface area contributed by atoms with Gasteiger partial charge in [0.1, 0.15) is 4.99 Å². The van der Waals surface area contributed by atoms with Crippen molar-refractivity contribution < 1.29 is 4.74 Å². The highest BCUT2D eigenvalue weighted by atomic mass is 32.1. The molecular formula is C14H20N2OS. The molecule has 0 radical (unpaired) electrons. The molecule has 1 fully saturated rings. The topological polar surface area (TPSA) is 38.5 Å². The highest BCUT2D eigenvalue weighted by Gasteiger charge is 2.22. The average Bonchev–Trinajstić information content (AvgIpc) is 2.79. The Bertz CT molecular complexity index is 447. The van der Waals surface area contributed by atoms with Crippen LogP contribution in [0.5, 0.6) is 0 Å². The third-order valence-corrected chi connectivity index (χ3v) is 3.82. The van der Waals surface area contributed by atoms with Crippen LogP contribution >= 0.6 is 12.2 Å². The number of aryl methyl sites for hydroxylation is 1. The Morgan fingerprint density at radius 2 is 2.33 bits per heavy atom. The third kappa shape index (κ3) is 3.07. The minimum atomic E-state index is 0.390. The summed E-state index contributed by atoms with van der Waals surface area (Å²) in [6, 6.07) is 6.21.